The Hall–Kier alpha value is -7.42. The van der Waals surface area contributed by atoms with Gasteiger partial charge >= 0.3 is 0 Å². The number of hydrogen-bond donors (Lipinski definition) is 0. The first-order valence-electron chi connectivity index (χ1n) is 19.6. The molecular weight excluding hydrogens is 691 g/mol. The monoisotopic (exact) mass is 727 g/mol. The van der Waals surface area contributed by atoms with E-state index in [-0.39, 0.29) is 0 Å². The van der Waals surface area contributed by atoms with E-state index in [4.69, 9.17) is 4.74 Å². The van der Waals surface area contributed by atoms with Crippen molar-refractivity contribution in [2.75, 3.05) is 4.90 Å². The molecule has 0 fully saturated rings. The smallest absolute Gasteiger partial charge is 0.132 e. The van der Waals surface area contributed by atoms with Crippen LogP contribution in [0.5, 0.6) is 11.5 Å². The van der Waals surface area contributed by atoms with Crippen LogP contribution in [0.1, 0.15) is 22.3 Å². The Balaban J connectivity index is 0.992. The van der Waals surface area contributed by atoms with Gasteiger partial charge in [0.05, 0.1) is 5.41 Å². The highest BCUT2D eigenvalue weighted by molar-refractivity contribution is 5.90. The lowest BCUT2D eigenvalue weighted by Gasteiger charge is -2.39. The van der Waals surface area contributed by atoms with Gasteiger partial charge in [-0.1, -0.05) is 170 Å². The molecule has 0 atom stereocenters. The predicted molar refractivity (Wildman–Crippen MR) is 235 cm³/mol. The maximum atomic E-state index is 6.57. The fraction of sp³-hybridized carbons (Fsp3) is 0.0182. The second-order valence-electron chi connectivity index (χ2n) is 14.9. The third-order valence-corrected chi connectivity index (χ3v) is 11.7. The number of nitrogens with zero attached hydrogens (tertiary/aromatic N) is 1. The van der Waals surface area contributed by atoms with Gasteiger partial charge in [0.25, 0.3) is 0 Å². The van der Waals surface area contributed by atoms with Gasteiger partial charge in [0.1, 0.15) is 11.5 Å². The summed E-state index contributed by atoms with van der Waals surface area (Å²) >= 11 is 0. The largest absolute Gasteiger partial charge is 0.457 e. The van der Waals surface area contributed by atoms with Gasteiger partial charge in [-0.3, -0.25) is 0 Å². The third-order valence-electron chi connectivity index (χ3n) is 11.7. The van der Waals surface area contributed by atoms with Crippen LogP contribution in [0.3, 0.4) is 0 Å². The van der Waals surface area contributed by atoms with E-state index in [0.29, 0.717) is 0 Å². The number of ether oxygens (including phenoxy) is 1. The second-order valence-corrected chi connectivity index (χ2v) is 14.9. The Morgan fingerprint density at radius 3 is 1.40 bits per heavy atom. The van der Waals surface area contributed by atoms with E-state index in [9.17, 15) is 0 Å². The molecule has 2 heteroatoms. The highest BCUT2D eigenvalue weighted by Gasteiger charge is 2.51. The van der Waals surface area contributed by atoms with Gasteiger partial charge < -0.3 is 9.64 Å². The van der Waals surface area contributed by atoms with Gasteiger partial charge in [0, 0.05) is 28.2 Å². The molecular formula is C55H37NO. The van der Waals surface area contributed by atoms with E-state index < -0.39 is 5.41 Å². The highest BCUT2D eigenvalue weighted by atomic mass is 16.5. The molecule has 0 unspecified atom stereocenters. The van der Waals surface area contributed by atoms with Crippen molar-refractivity contribution in [3.63, 3.8) is 0 Å². The molecule has 1 aliphatic carbocycles. The lowest BCUT2D eigenvalue weighted by molar-refractivity contribution is 0.436. The molecule has 268 valence electrons. The van der Waals surface area contributed by atoms with Crippen molar-refractivity contribution < 1.29 is 4.74 Å². The molecule has 0 radical (unpaired) electrons. The summed E-state index contributed by atoms with van der Waals surface area (Å²) in [4.78, 5) is 2.34. The summed E-state index contributed by atoms with van der Waals surface area (Å²) in [5.74, 6) is 1.81. The van der Waals surface area contributed by atoms with Crippen LogP contribution >= 0.6 is 0 Å². The lowest BCUT2D eigenvalue weighted by atomic mass is 9.66. The zero-order chi connectivity index (χ0) is 37.8. The van der Waals surface area contributed by atoms with Crippen molar-refractivity contribution in [2.45, 2.75) is 5.41 Å². The first-order valence-corrected chi connectivity index (χ1v) is 19.6. The number of para-hydroxylation sites is 3. The Morgan fingerprint density at radius 1 is 0.281 bits per heavy atom. The highest BCUT2D eigenvalue weighted by Crippen LogP contribution is 2.62. The molecule has 2 nitrogen and oxygen atoms in total. The average Bonchev–Trinajstić information content (AvgIpc) is 3.57. The molecule has 9 aromatic carbocycles. The Kier molecular flexibility index (Phi) is 7.75. The molecule has 0 saturated carbocycles. The first-order chi connectivity index (χ1) is 28.3. The van der Waals surface area contributed by atoms with E-state index in [2.05, 4.69) is 229 Å². The van der Waals surface area contributed by atoms with Gasteiger partial charge in [0.2, 0.25) is 0 Å². The SMILES string of the molecule is c1ccc(-c2ccc(-c3cccc(N(c4ccccc4)c4ccc(-c5ccc6c(c5)C5(c7ccccc7Oc7ccccc75)c5ccccc5-6)cc4)c3)cc2)cc1. The molecule has 1 spiro atoms. The average molecular weight is 728 g/mol. The first kappa shape index (κ1) is 33.0. The van der Waals surface area contributed by atoms with Crippen molar-refractivity contribution in [2.24, 2.45) is 0 Å². The van der Waals surface area contributed by atoms with Gasteiger partial charge in [-0.05, 0) is 110 Å². The molecule has 1 heterocycles. The summed E-state index contributed by atoms with van der Waals surface area (Å²) < 4.78 is 6.57. The topological polar surface area (TPSA) is 12.5 Å². The molecule has 0 bridgehead atoms. The van der Waals surface area contributed by atoms with E-state index >= 15 is 0 Å². The summed E-state index contributed by atoms with van der Waals surface area (Å²) in [5.41, 5.74) is 17.4. The van der Waals surface area contributed by atoms with Gasteiger partial charge in [-0.15, -0.1) is 0 Å². The number of hydrogen-bond acceptors (Lipinski definition) is 2. The molecule has 1 aliphatic heterocycles. The maximum absolute atomic E-state index is 6.57. The van der Waals surface area contributed by atoms with Crippen LogP contribution in [0.4, 0.5) is 17.1 Å². The maximum Gasteiger partial charge on any atom is 0.132 e. The van der Waals surface area contributed by atoms with Crippen LogP contribution in [0.25, 0.3) is 44.5 Å². The van der Waals surface area contributed by atoms with Crippen LogP contribution in [0.2, 0.25) is 0 Å². The number of rotatable bonds is 6. The van der Waals surface area contributed by atoms with Crippen molar-refractivity contribution in [1.82, 2.24) is 0 Å². The van der Waals surface area contributed by atoms with E-state index in [0.717, 1.165) is 28.6 Å². The van der Waals surface area contributed by atoms with Crippen molar-refractivity contribution >= 4 is 17.1 Å². The third kappa shape index (κ3) is 5.33. The van der Waals surface area contributed by atoms with Gasteiger partial charge in [-0.25, -0.2) is 0 Å². The van der Waals surface area contributed by atoms with Crippen LogP contribution in [0, 0.1) is 0 Å². The summed E-state index contributed by atoms with van der Waals surface area (Å²) in [5, 5.41) is 0. The molecule has 0 aromatic heterocycles. The summed E-state index contributed by atoms with van der Waals surface area (Å²) in [6.45, 7) is 0. The molecule has 9 aromatic rings. The zero-order valence-corrected chi connectivity index (χ0v) is 31.2. The fourth-order valence-electron chi connectivity index (χ4n) is 9.17. The molecule has 11 rings (SSSR count). The zero-order valence-electron chi connectivity index (χ0n) is 31.2. The normalized spacial score (nSPS) is 12.8. The standard InChI is InChI=1S/C55H37NO/c1-3-14-38(15-4-1)39-26-28-40(29-27-39)42-16-13-19-46(36-42)56(44-17-5-2-6-18-44)45-33-30-41(31-34-45)43-32-35-48-47-20-7-8-21-49(47)55(52(48)37-43)50-22-9-11-24-53(50)57-54-25-12-10-23-51(54)55/h1-37H. The lowest BCUT2D eigenvalue weighted by Crippen LogP contribution is -2.32. The Morgan fingerprint density at radius 2 is 0.719 bits per heavy atom. The minimum absolute atomic E-state index is 0.496. The Bertz CT molecular complexity index is 2870. The minimum atomic E-state index is -0.496. The quantitative estimate of drug-likeness (QED) is 0.169. The van der Waals surface area contributed by atoms with E-state index in [1.165, 1.54) is 66.8 Å². The molecule has 2 aliphatic rings. The molecule has 57 heavy (non-hydrogen) atoms. The Labute approximate surface area is 333 Å². The van der Waals surface area contributed by atoms with Gasteiger partial charge in [0.15, 0.2) is 0 Å². The van der Waals surface area contributed by atoms with Crippen LogP contribution in [-0.4, -0.2) is 0 Å². The van der Waals surface area contributed by atoms with Crippen LogP contribution < -0.4 is 9.64 Å². The number of fused-ring (bicyclic) bond motifs is 9. The number of benzene rings is 9. The summed E-state index contributed by atoms with van der Waals surface area (Å²) in [6.07, 6.45) is 0. The van der Waals surface area contributed by atoms with Crippen molar-refractivity contribution in [3.05, 3.63) is 247 Å². The number of anilines is 3. The van der Waals surface area contributed by atoms with Crippen LogP contribution in [-0.2, 0) is 5.41 Å². The predicted octanol–water partition coefficient (Wildman–Crippen LogP) is 14.6. The molecule has 0 saturated heterocycles. The van der Waals surface area contributed by atoms with Gasteiger partial charge in [-0.2, -0.15) is 0 Å². The molecule has 0 N–H and O–H groups in total. The second kappa shape index (κ2) is 13.4. The fourth-order valence-corrected chi connectivity index (χ4v) is 9.17. The van der Waals surface area contributed by atoms with Crippen molar-refractivity contribution in [3.8, 4) is 56.0 Å². The van der Waals surface area contributed by atoms with E-state index in [1.807, 2.05) is 0 Å². The van der Waals surface area contributed by atoms with Crippen LogP contribution in [0.15, 0.2) is 224 Å². The van der Waals surface area contributed by atoms with Crippen molar-refractivity contribution in [1.29, 1.82) is 0 Å². The summed E-state index contributed by atoms with van der Waals surface area (Å²) in [7, 11) is 0. The van der Waals surface area contributed by atoms with E-state index in [1.54, 1.807) is 0 Å². The molecule has 0 amide bonds. The minimum Gasteiger partial charge on any atom is -0.457 e. The summed E-state index contributed by atoms with van der Waals surface area (Å²) in [6, 6.07) is 80.9.